The highest BCUT2D eigenvalue weighted by molar-refractivity contribution is 7.09. The highest BCUT2D eigenvalue weighted by atomic mass is 35.5. The molecule has 0 bridgehead atoms. The lowest BCUT2D eigenvalue weighted by atomic mass is 10.0. The minimum absolute atomic E-state index is 0.171. The summed E-state index contributed by atoms with van der Waals surface area (Å²) in [6.07, 6.45) is 1.31. The third-order valence-corrected chi connectivity index (χ3v) is 6.00. The summed E-state index contributed by atoms with van der Waals surface area (Å²) in [5.41, 5.74) is 0.851. The summed E-state index contributed by atoms with van der Waals surface area (Å²) in [4.78, 5) is 30.0. The number of hydrogen-bond acceptors (Lipinski definition) is 5. The lowest BCUT2D eigenvalue weighted by Crippen LogP contribution is -2.51. The first-order chi connectivity index (χ1) is 13.1. The first-order valence-electron chi connectivity index (χ1n) is 8.96. The Morgan fingerprint density at radius 3 is 2.44 bits per heavy atom. The molecule has 3 rings (SSSR count). The smallest absolute Gasteiger partial charge is 0.327 e. The minimum atomic E-state index is -0.476. The quantitative estimate of drug-likeness (QED) is 0.690. The summed E-state index contributed by atoms with van der Waals surface area (Å²) in [7, 11) is 1.40. The molecule has 144 valence electrons. The van der Waals surface area contributed by atoms with Gasteiger partial charge in [-0.15, -0.1) is 11.3 Å². The molecule has 0 spiro atoms. The predicted octanol–water partition coefficient (Wildman–Crippen LogP) is 3.39. The Kier molecular flexibility index (Phi) is 6.88. The third kappa shape index (κ3) is 5.09. The monoisotopic (exact) mass is 406 g/mol. The standard InChI is InChI=1S/C20H23ClN2O3S/c1-26-20(25)19(15-4-6-16(21)7-5-15)23-12-10-22(11-13-23)18(24)9-8-17-3-2-14-27-17/h2-7,14,19H,8-13H2,1H3/t19-/m1/s1. The summed E-state index contributed by atoms with van der Waals surface area (Å²) in [6.45, 7) is 2.50. The van der Waals surface area contributed by atoms with Crippen LogP contribution in [0.15, 0.2) is 41.8 Å². The number of piperazine rings is 1. The van der Waals surface area contributed by atoms with E-state index in [2.05, 4.69) is 11.0 Å². The molecule has 2 aromatic rings. The van der Waals surface area contributed by atoms with Gasteiger partial charge in [-0.1, -0.05) is 29.8 Å². The molecular formula is C20H23ClN2O3S. The number of benzene rings is 1. The first-order valence-corrected chi connectivity index (χ1v) is 10.2. The van der Waals surface area contributed by atoms with Crippen LogP contribution >= 0.6 is 22.9 Å². The van der Waals surface area contributed by atoms with Crippen molar-refractivity contribution in [1.82, 2.24) is 9.80 Å². The van der Waals surface area contributed by atoms with Gasteiger partial charge in [0, 0.05) is 42.5 Å². The Hall–Kier alpha value is -1.89. The normalized spacial score (nSPS) is 16.1. The average molecular weight is 407 g/mol. The van der Waals surface area contributed by atoms with Crippen molar-refractivity contribution in [2.24, 2.45) is 0 Å². The maximum atomic E-state index is 12.5. The predicted molar refractivity (Wildman–Crippen MR) is 107 cm³/mol. The van der Waals surface area contributed by atoms with Gasteiger partial charge in [0.15, 0.2) is 0 Å². The molecule has 5 nitrogen and oxygen atoms in total. The molecule has 0 radical (unpaired) electrons. The molecule has 2 heterocycles. The van der Waals surface area contributed by atoms with E-state index in [0.29, 0.717) is 37.6 Å². The van der Waals surface area contributed by atoms with Crippen LogP contribution in [0.1, 0.15) is 22.9 Å². The van der Waals surface area contributed by atoms with Crippen LogP contribution in [0.4, 0.5) is 0 Å². The number of carbonyl (C=O) groups is 2. The van der Waals surface area contributed by atoms with Crippen LogP contribution in [-0.4, -0.2) is 55.0 Å². The number of hydrogen-bond donors (Lipinski definition) is 0. The average Bonchev–Trinajstić information content (AvgIpc) is 3.22. The molecule has 1 atom stereocenters. The Balaban J connectivity index is 1.59. The summed E-state index contributed by atoms with van der Waals surface area (Å²) < 4.78 is 5.01. The van der Waals surface area contributed by atoms with Gasteiger partial charge in [-0.3, -0.25) is 9.69 Å². The fraction of sp³-hybridized carbons (Fsp3) is 0.400. The number of halogens is 1. The van der Waals surface area contributed by atoms with Gasteiger partial charge >= 0.3 is 5.97 Å². The van der Waals surface area contributed by atoms with Crippen LogP contribution in [0.5, 0.6) is 0 Å². The highest BCUT2D eigenvalue weighted by Gasteiger charge is 2.32. The van der Waals surface area contributed by atoms with E-state index < -0.39 is 6.04 Å². The summed E-state index contributed by atoms with van der Waals surface area (Å²) in [5.74, 6) is -0.126. The van der Waals surface area contributed by atoms with E-state index >= 15 is 0 Å². The number of ether oxygens (including phenoxy) is 1. The number of esters is 1. The lowest BCUT2D eigenvalue weighted by Gasteiger charge is -2.38. The van der Waals surface area contributed by atoms with Crippen molar-refractivity contribution in [3.8, 4) is 0 Å². The van der Waals surface area contributed by atoms with Gasteiger partial charge < -0.3 is 9.64 Å². The second-order valence-corrected chi connectivity index (χ2v) is 7.94. The molecule has 7 heteroatoms. The molecule has 0 saturated carbocycles. The SMILES string of the molecule is COC(=O)[C@@H](c1ccc(Cl)cc1)N1CCN(C(=O)CCc2cccs2)CC1. The van der Waals surface area contributed by atoms with E-state index in [-0.39, 0.29) is 11.9 Å². The minimum Gasteiger partial charge on any atom is -0.468 e. The number of rotatable bonds is 6. The molecular weight excluding hydrogens is 384 g/mol. The summed E-state index contributed by atoms with van der Waals surface area (Å²) in [5, 5.41) is 2.66. The van der Waals surface area contributed by atoms with E-state index in [1.54, 1.807) is 23.5 Å². The van der Waals surface area contributed by atoms with E-state index in [0.717, 1.165) is 12.0 Å². The molecule has 1 aliphatic rings. The van der Waals surface area contributed by atoms with Gasteiger partial charge in [-0.2, -0.15) is 0 Å². The molecule has 0 unspecified atom stereocenters. The highest BCUT2D eigenvalue weighted by Crippen LogP contribution is 2.25. The first kappa shape index (κ1) is 19.9. The van der Waals surface area contributed by atoms with Crippen molar-refractivity contribution in [2.45, 2.75) is 18.9 Å². The van der Waals surface area contributed by atoms with Crippen LogP contribution in [0.3, 0.4) is 0 Å². The van der Waals surface area contributed by atoms with Gasteiger partial charge in [0.05, 0.1) is 7.11 Å². The molecule has 0 aliphatic carbocycles. The van der Waals surface area contributed by atoms with E-state index in [1.807, 2.05) is 28.5 Å². The van der Waals surface area contributed by atoms with Crippen LogP contribution < -0.4 is 0 Å². The van der Waals surface area contributed by atoms with Gasteiger partial charge in [-0.25, -0.2) is 4.79 Å². The van der Waals surface area contributed by atoms with Gasteiger partial charge in [-0.05, 0) is 35.6 Å². The number of aryl methyl sites for hydroxylation is 1. The van der Waals surface area contributed by atoms with Gasteiger partial charge in [0.25, 0.3) is 0 Å². The zero-order chi connectivity index (χ0) is 19.2. The fourth-order valence-corrected chi connectivity index (χ4v) is 4.16. The topological polar surface area (TPSA) is 49.9 Å². The largest absolute Gasteiger partial charge is 0.468 e. The Labute approximate surface area is 168 Å². The Morgan fingerprint density at radius 2 is 1.85 bits per heavy atom. The maximum absolute atomic E-state index is 12.5. The molecule has 1 aromatic heterocycles. The van der Waals surface area contributed by atoms with E-state index in [9.17, 15) is 9.59 Å². The summed E-state index contributed by atoms with van der Waals surface area (Å²) in [6, 6.07) is 10.8. The number of amides is 1. The number of methoxy groups -OCH3 is 1. The molecule has 1 aliphatic heterocycles. The van der Waals surface area contributed by atoms with Crippen molar-refractivity contribution in [2.75, 3.05) is 33.3 Å². The maximum Gasteiger partial charge on any atom is 0.327 e. The molecule has 0 N–H and O–H groups in total. The van der Waals surface area contributed by atoms with Crippen molar-refractivity contribution in [1.29, 1.82) is 0 Å². The Morgan fingerprint density at radius 1 is 1.15 bits per heavy atom. The molecule has 27 heavy (non-hydrogen) atoms. The van der Waals surface area contributed by atoms with Crippen LogP contribution in [0.2, 0.25) is 5.02 Å². The van der Waals surface area contributed by atoms with Crippen molar-refractivity contribution in [3.05, 3.63) is 57.2 Å². The zero-order valence-electron chi connectivity index (χ0n) is 15.3. The fourth-order valence-electron chi connectivity index (χ4n) is 3.33. The lowest BCUT2D eigenvalue weighted by molar-refractivity contribution is -0.148. The number of carbonyl (C=O) groups excluding carboxylic acids is 2. The number of nitrogens with zero attached hydrogens (tertiary/aromatic N) is 2. The molecule has 1 aromatic carbocycles. The van der Waals surface area contributed by atoms with Crippen LogP contribution in [0.25, 0.3) is 0 Å². The van der Waals surface area contributed by atoms with Crippen molar-refractivity contribution in [3.63, 3.8) is 0 Å². The number of thiophene rings is 1. The van der Waals surface area contributed by atoms with Gasteiger partial charge in [0.1, 0.15) is 6.04 Å². The molecule has 1 amide bonds. The van der Waals surface area contributed by atoms with Crippen molar-refractivity contribution < 1.29 is 14.3 Å². The molecule has 1 saturated heterocycles. The third-order valence-electron chi connectivity index (χ3n) is 4.81. The zero-order valence-corrected chi connectivity index (χ0v) is 16.8. The van der Waals surface area contributed by atoms with Gasteiger partial charge in [0.2, 0.25) is 5.91 Å². The Bertz CT molecular complexity index is 756. The molecule has 1 fully saturated rings. The van der Waals surface area contributed by atoms with E-state index in [1.165, 1.54) is 12.0 Å². The second kappa shape index (κ2) is 9.35. The summed E-state index contributed by atoms with van der Waals surface area (Å²) >= 11 is 7.64. The van der Waals surface area contributed by atoms with Crippen LogP contribution in [0, 0.1) is 0 Å². The second-order valence-electron chi connectivity index (χ2n) is 6.47. The van der Waals surface area contributed by atoms with E-state index in [4.69, 9.17) is 16.3 Å². The van der Waals surface area contributed by atoms with Crippen LogP contribution in [-0.2, 0) is 20.7 Å². The van der Waals surface area contributed by atoms with Crippen molar-refractivity contribution >= 4 is 34.8 Å².